The third kappa shape index (κ3) is 3.58. The third-order valence-electron chi connectivity index (χ3n) is 5.67. The van der Waals surface area contributed by atoms with Gasteiger partial charge in [-0.1, -0.05) is 12.8 Å². The summed E-state index contributed by atoms with van der Waals surface area (Å²) < 4.78 is 0. The number of piperazine rings is 1. The lowest BCUT2D eigenvalue weighted by atomic mass is 9.85. The van der Waals surface area contributed by atoms with E-state index in [1.165, 1.54) is 25.7 Å². The molecule has 21 heavy (non-hydrogen) atoms. The van der Waals surface area contributed by atoms with E-state index < -0.39 is 0 Å². The van der Waals surface area contributed by atoms with Crippen LogP contribution < -0.4 is 10.6 Å². The molecule has 0 aromatic heterocycles. The van der Waals surface area contributed by atoms with E-state index in [0.29, 0.717) is 12.1 Å². The summed E-state index contributed by atoms with van der Waals surface area (Å²) in [5, 5.41) is 6.75. The smallest absolute Gasteiger partial charge is 0.237 e. The van der Waals surface area contributed by atoms with Crippen LogP contribution >= 0.6 is 0 Å². The predicted octanol–water partition coefficient (Wildman–Crippen LogP) is 0.269. The Balaban J connectivity index is 1.46. The Kier molecular flexibility index (Phi) is 4.82. The van der Waals surface area contributed by atoms with Gasteiger partial charge in [0.05, 0.1) is 6.04 Å². The van der Waals surface area contributed by atoms with Crippen LogP contribution in [0.2, 0.25) is 0 Å². The number of nitrogens with one attached hydrogen (secondary N) is 2. The van der Waals surface area contributed by atoms with Crippen molar-refractivity contribution in [1.29, 1.82) is 0 Å². The summed E-state index contributed by atoms with van der Waals surface area (Å²) in [7, 11) is 4.32. The van der Waals surface area contributed by atoms with E-state index in [-0.39, 0.29) is 11.9 Å². The first kappa shape index (κ1) is 15.3. The molecule has 0 aromatic rings. The van der Waals surface area contributed by atoms with Crippen molar-refractivity contribution in [3.05, 3.63) is 0 Å². The number of fused-ring (bicyclic) bond motifs is 1. The van der Waals surface area contributed by atoms with E-state index in [4.69, 9.17) is 0 Å². The van der Waals surface area contributed by atoms with Crippen LogP contribution in [0, 0.1) is 5.92 Å². The van der Waals surface area contributed by atoms with Gasteiger partial charge in [0.25, 0.3) is 0 Å². The molecular weight excluding hydrogens is 264 g/mol. The molecule has 2 N–H and O–H groups in total. The maximum Gasteiger partial charge on any atom is 0.237 e. The normalized spacial score (nSPS) is 38.2. The molecule has 4 atom stereocenters. The zero-order chi connectivity index (χ0) is 14.8. The molecule has 0 bridgehead atoms. The van der Waals surface area contributed by atoms with Crippen LogP contribution in [-0.4, -0.2) is 74.1 Å². The fourth-order valence-corrected chi connectivity index (χ4v) is 4.18. The standard InChI is InChI=1S/C16H30N4O/c1-19-7-8-20(2)13(11-19)10-17-16(21)15-9-12-5-3-4-6-14(12)18-15/h12-15,18H,3-11H2,1-2H3,(H,17,21). The highest BCUT2D eigenvalue weighted by Crippen LogP contribution is 2.33. The monoisotopic (exact) mass is 294 g/mol. The largest absolute Gasteiger partial charge is 0.353 e. The molecule has 120 valence electrons. The maximum atomic E-state index is 12.4. The highest BCUT2D eigenvalue weighted by Gasteiger charge is 2.38. The lowest BCUT2D eigenvalue weighted by molar-refractivity contribution is -0.123. The van der Waals surface area contributed by atoms with Gasteiger partial charge in [-0.15, -0.1) is 0 Å². The number of amides is 1. The molecule has 3 rings (SSSR count). The van der Waals surface area contributed by atoms with Gasteiger partial charge in [-0.05, 0) is 39.3 Å². The van der Waals surface area contributed by atoms with Crippen molar-refractivity contribution in [3.8, 4) is 0 Å². The molecule has 1 saturated carbocycles. The topological polar surface area (TPSA) is 47.6 Å². The van der Waals surface area contributed by atoms with Crippen LogP contribution in [0.1, 0.15) is 32.1 Å². The van der Waals surface area contributed by atoms with Crippen molar-refractivity contribution in [1.82, 2.24) is 20.4 Å². The molecular formula is C16H30N4O. The van der Waals surface area contributed by atoms with E-state index in [1.54, 1.807) is 0 Å². The molecule has 0 spiro atoms. The van der Waals surface area contributed by atoms with Gasteiger partial charge < -0.3 is 15.5 Å². The summed E-state index contributed by atoms with van der Waals surface area (Å²) >= 11 is 0. The average Bonchev–Trinajstić information content (AvgIpc) is 2.92. The van der Waals surface area contributed by atoms with E-state index in [9.17, 15) is 4.79 Å². The van der Waals surface area contributed by atoms with Gasteiger partial charge in [0.2, 0.25) is 5.91 Å². The van der Waals surface area contributed by atoms with Crippen molar-refractivity contribution in [2.45, 2.75) is 50.2 Å². The lowest BCUT2D eigenvalue weighted by Gasteiger charge is -2.37. The molecule has 2 saturated heterocycles. The van der Waals surface area contributed by atoms with Gasteiger partial charge in [-0.2, -0.15) is 0 Å². The predicted molar refractivity (Wildman–Crippen MR) is 84.2 cm³/mol. The maximum absolute atomic E-state index is 12.4. The minimum Gasteiger partial charge on any atom is -0.353 e. The highest BCUT2D eigenvalue weighted by atomic mass is 16.2. The lowest BCUT2D eigenvalue weighted by Crippen LogP contribution is -2.55. The Morgan fingerprint density at radius 1 is 1.24 bits per heavy atom. The second-order valence-corrected chi connectivity index (χ2v) is 7.25. The number of hydrogen-bond donors (Lipinski definition) is 2. The molecule has 5 heteroatoms. The van der Waals surface area contributed by atoms with Crippen LogP contribution in [0.25, 0.3) is 0 Å². The first-order chi connectivity index (χ1) is 10.1. The minimum absolute atomic E-state index is 0.0460. The molecule has 0 aromatic carbocycles. The molecule has 2 aliphatic heterocycles. The molecule has 3 aliphatic rings. The molecule has 1 aliphatic carbocycles. The van der Waals surface area contributed by atoms with Crippen LogP contribution in [0.5, 0.6) is 0 Å². The summed E-state index contributed by atoms with van der Waals surface area (Å²) in [5.41, 5.74) is 0. The van der Waals surface area contributed by atoms with E-state index in [0.717, 1.165) is 38.5 Å². The number of nitrogens with zero attached hydrogens (tertiary/aromatic N) is 2. The van der Waals surface area contributed by atoms with Gasteiger partial charge in [-0.3, -0.25) is 9.69 Å². The number of hydrogen-bond acceptors (Lipinski definition) is 4. The fourth-order valence-electron chi connectivity index (χ4n) is 4.18. The molecule has 1 amide bonds. The molecule has 3 fully saturated rings. The Bertz CT molecular complexity index is 361. The van der Waals surface area contributed by atoms with Gasteiger partial charge in [0.1, 0.15) is 0 Å². The van der Waals surface area contributed by atoms with E-state index in [2.05, 4.69) is 34.5 Å². The molecule has 0 radical (unpaired) electrons. The van der Waals surface area contributed by atoms with E-state index in [1.807, 2.05) is 0 Å². The highest BCUT2D eigenvalue weighted by molar-refractivity contribution is 5.82. The van der Waals surface area contributed by atoms with Crippen LogP contribution in [0.3, 0.4) is 0 Å². The number of carbonyl (C=O) groups excluding carboxylic acids is 1. The number of rotatable bonds is 3. The third-order valence-corrected chi connectivity index (χ3v) is 5.67. The summed E-state index contributed by atoms with van der Waals surface area (Å²) in [4.78, 5) is 17.1. The summed E-state index contributed by atoms with van der Waals surface area (Å²) in [6.45, 7) is 4.02. The van der Waals surface area contributed by atoms with Crippen molar-refractivity contribution in [2.75, 3.05) is 40.3 Å². The Hall–Kier alpha value is -0.650. The Morgan fingerprint density at radius 3 is 2.86 bits per heavy atom. The van der Waals surface area contributed by atoms with Gasteiger partial charge in [-0.25, -0.2) is 0 Å². The summed E-state index contributed by atoms with van der Waals surface area (Å²) in [6.07, 6.45) is 6.26. The van der Waals surface area contributed by atoms with Gasteiger partial charge in [0.15, 0.2) is 0 Å². The molecule has 2 heterocycles. The first-order valence-corrected chi connectivity index (χ1v) is 8.56. The van der Waals surface area contributed by atoms with Crippen molar-refractivity contribution in [3.63, 3.8) is 0 Å². The fraction of sp³-hybridized carbons (Fsp3) is 0.938. The van der Waals surface area contributed by atoms with Crippen LogP contribution in [0.15, 0.2) is 0 Å². The number of carbonyl (C=O) groups is 1. The van der Waals surface area contributed by atoms with Crippen LogP contribution in [-0.2, 0) is 4.79 Å². The quantitative estimate of drug-likeness (QED) is 0.784. The first-order valence-electron chi connectivity index (χ1n) is 8.56. The summed E-state index contributed by atoms with van der Waals surface area (Å²) in [6, 6.07) is 1.08. The Labute approximate surface area is 128 Å². The Morgan fingerprint density at radius 2 is 2.05 bits per heavy atom. The van der Waals surface area contributed by atoms with Crippen molar-refractivity contribution < 1.29 is 4.79 Å². The average molecular weight is 294 g/mol. The van der Waals surface area contributed by atoms with E-state index >= 15 is 0 Å². The van der Waals surface area contributed by atoms with Gasteiger partial charge in [0, 0.05) is 38.3 Å². The second-order valence-electron chi connectivity index (χ2n) is 7.25. The van der Waals surface area contributed by atoms with Crippen LogP contribution in [0.4, 0.5) is 0 Å². The zero-order valence-corrected chi connectivity index (χ0v) is 13.5. The van der Waals surface area contributed by atoms with Gasteiger partial charge >= 0.3 is 0 Å². The number of likely N-dealkylation sites (N-methyl/N-ethyl adjacent to an activating group) is 2. The van der Waals surface area contributed by atoms with Crippen molar-refractivity contribution in [2.24, 2.45) is 5.92 Å². The molecule has 5 nitrogen and oxygen atoms in total. The van der Waals surface area contributed by atoms with Crippen molar-refractivity contribution >= 4 is 5.91 Å². The second kappa shape index (κ2) is 6.63. The summed E-state index contributed by atoms with van der Waals surface area (Å²) in [5.74, 6) is 0.948. The molecule has 4 unspecified atom stereocenters. The minimum atomic E-state index is 0.0460. The SMILES string of the molecule is CN1CCN(C)C(CNC(=O)C2CC3CCCCC3N2)C1. The zero-order valence-electron chi connectivity index (χ0n) is 13.5.